The Bertz CT molecular complexity index is 660. The molecule has 84 valence electrons. The van der Waals surface area contributed by atoms with E-state index >= 15 is 0 Å². The Morgan fingerprint density at radius 3 is 2.76 bits per heavy atom. The molecule has 3 rings (SSSR count). The van der Waals surface area contributed by atoms with Gasteiger partial charge in [-0.1, -0.05) is 36.0 Å². The second-order valence-corrected chi connectivity index (χ2v) is 4.87. The van der Waals surface area contributed by atoms with E-state index in [-0.39, 0.29) is 5.82 Å². The molecule has 0 radical (unpaired) electrons. The van der Waals surface area contributed by atoms with Crippen LogP contribution in [0.5, 0.6) is 0 Å². The van der Waals surface area contributed by atoms with Crippen LogP contribution in [-0.4, -0.2) is 4.98 Å². The van der Waals surface area contributed by atoms with Gasteiger partial charge in [0.2, 0.25) is 0 Å². The zero-order chi connectivity index (χ0) is 11.7. The van der Waals surface area contributed by atoms with Crippen molar-refractivity contribution in [2.45, 2.75) is 9.79 Å². The lowest BCUT2D eigenvalue weighted by Crippen LogP contribution is -1.75. The SMILES string of the molecule is Fc1cccc(Sc2c[nH]c3ccccc23)c1. The third-order valence-electron chi connectivity index (χ3n) is 2.58. The lowest BCUT2D eigenvalue weighted by atomic mass is 10.2. The number of halogens is 1. The van der Waals surface area contributed by atoms with Crippen molar-refractivity contribution in [3.8, 4) is 0 Å². The van der Waals surface area contributed by atoms with E-state index < -0.39 is 0 Å². The number of para-hydroxylation sites is 1. The Balaban J connectivity index is 2.00. The van der Waals surface area contributed by atoms with Crippen molar-refractivity contribution >= 4 is 22.7 Å². The lowest BCUT2D eigenvalue weighted by molar-refractivity contribution is 0.624. The summed E-state index contributed by atoms with van der Waals surface area (Å²) in [5.41, 5.74) is 1.10. The van der Waals surface area contributed by atoms with Gasteiger partial charge in [-0.3, -0.25) is 0 Å². The van der Waals surface area contributed by atoms with Gasteiger partial charge in [-0.15, -0.1) is 0 Å². The van der Waals surface area contributed by atoms with Gasteiger partial charge < -0.3 is 4.98 Å². The van der Waals surface area contributed by atoms with Crippen LogP contribution in [0.4, 0.5) is 4.39 Å². The van der Waals surface area contributed by atoms with Crippen molar-refractivity contribution in [2.75, 3.05) is 0 Å². The van der Waals surface area contributed by atoms with E-state index in [0.717, 1.165) is 15.3 Å². The van der Waals surface area contributed by atoms with Crippen molar-refractivity contribution in [1.29, 1.82) is 0 Å². The minimum atomic E-state index is -0.199. The van der Waals surface area contributed by atoms with Crippen molar-refractivity contribution in [2.24, 2.45) is 0 Å². The van der Waals surface area contributed by atoms with Crippen LogP contribution in [-0.2, 0) is 0 Å². The number of hydrogen-bond acceptors (Lipinski definition) is 1. The molecule has 1 nitrogen and oxygen atoms in total. The predicted octanol–water partition coefficient (Wildman–Crippen LogP) is 4.46. The van der Waals surface area contributed by atoms with Gasteiger partial charge in [0, 0.05) is 26.9 Å². The van der Waals surface area contributed by atoms with E-state index in [9.17, 15) is 4.39 Å². The van der Waals surface area contributed by atoms with Gasteiger partial charge in [-0.25, -0.2) is 4.39 Å². The lowest BCUT2D eigenvalue weighted by Gasteiger charge is -1.99. The van der Waals surface area contributed by atoms with E-state index in [1.807, 2.05) is 30.5 Å². The summed E-state index contributed by atoms with van der Waals surface area (Å²) in [5.74, 6) is -0.199. The van der Waals surface area contributed by atoms with Gasteiger partial charge in [0.05, 0.1) is 0 Å². The standard InChI is InChI=1S/C14H10FNS/c15-10-4-3-5-11(8-10)17-14-9-16-13-7-2-1-6-12(13)14/h1-9,16H. The third-order valence-corrected chi connectivity index (χ3v) is 3.62. The average Bonchev–Trinajstić information content (AvgIpc) is 2.73. The molecule has 3 heteroatoms. The minimum Gasteiger partial charge on any atom is -0.360 e. The molecule has 17 heavy (non-hydrogen) atoms. The number of aromatic nitrogens is 1. The molecule has 0 aliphatic rings. The number of nitrogens with one attached hydrogen (secondary N) is 1. The zero-order valence-corrected chi connectivity index (χ0v) is 9.80. The van der Waals surface area contributed by atoms with Gasteiger partial charge >= 0.3 is 0 Å². The summed E-state index contributed by atoms with van der Waals surface area (Å²) in [6.45, 7) is 0. The summed E-state index contributed by atoms with van der Waals surface area (Å²) in [5, 5.41) is 1.17. The number of H-pyrrole nitrogens is 1. The van der Waals surface area contributed by atoms with Crippen molar-refractivity contribution < 1.29 is 4.39 Å². The first-order chi connectivity index (χ1) is 8.33. The monoisotopic (exact) mass is 243 g/mol. The summed E-state index contributed by atoms with van der Waals surface area (Å²) >= 11 is 1.57. The first kappa shape index (κ1) is 10.4. The maximum absolute atomic E-state index is 13.1. The fourth-order valence-corrected chi connectivity index (χ4v) is 2.76. The molecular weight excluding hydrogens is 233 g/mol. The van der Waals surface area contributed by atoms with Crippen LogP contribution in [0.3, 0.4) is 0 Å². The molecule has 3 aromatic rings. The zero-order valence-electron chi connectivity index (χ0n) is 8.98. The molecule has 1 aromatic heterocycles. The van der Waals surface area contributed by atoms with E-state index in [1.54, 1.807) is 23.9 Å². The molecule has 0 saturated heterocycles. The number of rotatable bonds is 2. The Morgan fingerprint density at radius 2 is 1.88 bits per heavy atom. The second kappa shape index (κ2) is 4.26. The number of hydrogen-bond donors (Lipinski definition) is 1. The smallest absolute Gasteiger partial charge is 0.124 e. The Hall–Kier alpha value is -1.74. The first-order valence-electron chi connectivity index (χ1n) is 5.32. The molecule has 2 aromatic carbocycles. The van der Waals surface area contributed by atoms with Crippen LogP contribution < -0.4 is 0 Å². The largest absolute Gasteiger partial charge is 0.360 e. The number of fused-ring (bicyclic) bond motifs is 1. The fourth-order valence-electron chi connectivity index (χ4n) is 1.79. The second-order valence-electron chi connectivity index (χ2n) is 3.76. The van der Waals surface area contributed by atoms with E-state index in [2.05, 4.69) is 11.1 Å². The predicted molar refractivity (Wildman–Crippen MR) is 68.8 cm³/mol. The highest BCUT2D eigenvalue weighted by Gasteiger charge is 2.05. The van der Waals surface area contributed by atoms with Gasteiger partial charge in [-0.05, 0) is 24.3 Å². The first-order valence-corrected chi connectivity index (χ1v) is 6.14. The van der Waals surface area contributed by atoms with Crippen molar-refractivity contribution in [1.82, 2.24) is 4.98 Å². The summed E-state index contributed by atoms with van der Waals surface area (Å²) in [4.78, 5) is 5.24. The van der Waals surface area contributed by atoms with Gasteiger partial charge in [-0.2, -0.15) is 0 Å². The third kappa shape index (κ3) is 2.06. The summed E-state index contributed by atoms with van der Waals surface area (Å²) < 4.78 is 13.1. The van der Waals surface area contributed by atoms with Crippen LogP contribution in [0.1, 0.15) is 0 Å². The highest BCUT2D eigenvalue weighted by molar-refractivity contribution is 7.99. The molecular formula is C14H10FNS. The number of aromatic amines is 1. The fraction of sp³-hybridized carbons (Fsp3) is 0. The Kier molecular flexibility index (Phi) is 2.61. The molecule has 0 aliphatic heterocycles. The molecule has 0 amide bonds. The van der Waals surface area contributed by atoms with Crippen molar-refractivity contribution in [3.63, 3.8) is 0 Å². The maximum Gasteiger partial charge on any atom is 0.124 e. The topological polar surface area (TPSA) is 15.8 Å². The average molecular weight is 243 g/mol. The quantitative estimate of drug-likeness (QED) is 0.702. The summed E-state index contributed by atoms with van der Waals surface area (Å²) in [6, 6.07) is 14.7. The molecule has 0 bridgehead atoms. The van der Waals surface area contributed by atoms with Crippen molar-refractivity contribution in [3.05, 3.63) is 60.5 Å². The summed E-state index contributed by atoms with van der Waals surface area (Å²) in [6.07, 6.45) is 1.96. The summed E-state index contributed by atoms with van der Waals surface area (Å²) in [7, 11) is 0. The van der Waals surface area contributed by atoms with Gasteiger partial charge in [0.15, 0.2) is 0 Å². The van der Waals surface area contributed by atoms with Gasteiger partial charge in [0.25, 0.3) is 0 Å². The molecule has 0 unspecified atom stereocenters. The minimum absolute atomic E-state index is 0.199. The molecule has 0 spiro atoms. The maximum atomic E-state index is 13.1. The van der Waals surface area contributed by atoms with Crippen LogP contribution in [0, 0.1) is 5.82 Å². The van der Waals surface area contributed by atoms with Gasteiger partial charge in [0.1, 0.15) is 5.82 Å². The van der Waals surface area contributed by atoms with Crippen LogP contribution in [0.15, 0.2) is 64.5 Å². The number of benzene rings is 2. The molecule has 0 fully saturated rings. The van der Waals surface area contributed by atoms with E-state index in [0.29, 0.717) is 0 Å². The molecule has 0 saturated carbocycles. The Labute approximate surface area is 103 Å². The highest BCUT2D eigenvalue weighted by Crippen LogP contribution is 2.33. The Morgan fingerprint density at radius 1 is 1.00 bits per heavy atom. The van der Waals surface area contributed by atoms with Crippen LogP contribution in [0.25, 0.3) is 10.9 Å². The molecule has 0 aliphatic carbocycles. The normalized spacial score (nSPS) is 10.9. The molecule has 0 atom stereocenters. The van der Waals surface area contributed by atoms with E-state index in [4.69, 9.17) is 0 Å². The van der Waals surface area contributed by atoms with E-state index in [1.165, 1.54) is 11.5 Å². The van der Waals surface area contributed by atoms with Crippen LogP contribution in [0.2, 0.25) is 0 Å². The molecule has 1 N–H and O–H groups in total. The molecule has 1 heterocycles. The van der Waals surface area contributed by atoms with Crippen LogP contribution >= 0.6 is 11.8 Å². The highest BCUT2D eigenvalue weighted by atomic mass is 32.2.